The molecule has 1 aliphatic carbocycles. The Labute approximate surface area is 154 Å². The Morgan fingerprint density at radius 2 is 1.85 bits per heavy atom. The summed E-state index contributed by atoms with van der Waals surface area (Å²) in [5.74, 6) is 1.34. The quantitative estimate of drug-likeness (QED) is 0.831. The third-order valence-electron chi connectivity index (χ3n) is 5.98. The van der Waals surface area contributed by atoms with E-state index in [0.717, 1.165) is 24.2 Å². The van der Waals surface area contributed by atoms with Crippen LogP contribution in [0.2, 0.25) is 0 Å². The van der Waals surface area contributed by atoms with Gasteiger partial charge in [-0.2, -0.15) is 0 Å². The molecule has 6 heteroatoms. The number of methoxy groups -OCH3 is 1. The van der Waals surface area contributed by atoms with Crippen molar-refractivity contribution in [2.75, 3.05) is 33.3 Å². The number of ether oxygens (including phenoxy) is 1. The summed E-state index contributed by atoms with van der Waals surface area (Å²) < 4.78 is 5.19. The van der Waals surface area contributed by atoms with E-state index in [1.54, 1.807) is 7.11 Å². The number of nitrogens with zero attached hydrogens (tertiary/aromatic N) is 3. The smallest absolute Gasteiger partial charge is 0.320 e. The van der Waals surface area contributed by atoms with Crippen LogP contribution in [-0.4, -0.2) is 66.0 Å². The van der Waals surface area contributed by atoms with Gasteiger partial charge < -0.3 is 19.4 Å². The fourth-order valence-electron chi connectivity index (χ4n) is 4.49. The summed E-state index contributed by atoms with van der Waals surface area (Å²) in [5, 5.41) is 0. The van der Waals surface area contributed by atoms with Crippen LogP contribution in [0.4, 0.5) is 4.79 Å². The Kier molecular flexibility index (Phi) is 4.74. The molecule has 0 radical (unpaired) electrons. The zero-order valence-electron chi connectivity index (χ0n) is 15.4. The Morgan fingerprint density at radius 1 is 1.12 bits per heavy atom. The minimum Gasteiger partial charge on any atom is -0.497 e. The minimum atomic E-state index is 0.0961. The Balaban J connectivity index is 1.38. The molecular formula is C20H27N3O3. The van der Waals surface area contributed by atoms with Crippen LogP contribution >= 0.6 is 0 Å². The molecule has 0 bridgehead atoms. The van der Waals surface area contributed by atoms with Gasteiger partial charge in [-0.25, -0.2) is 4.79 Å². The van der Waals surface area contributed by atoms with E-state index in [1.807, 2.05) is 39.0 Å². The third kappa shape index (κ3) is 3.24. The van der Waals surface area contributed by atoms with Crippen LogP contribution in [0.1, 0.15) is 31.2 Å². The monoisotopic (exact) mass is 357 g/mol. The van der Waals surface area contributed by atoms with Gasteiger partial charge in [0, 0.05) is 38.6 Å². The predicted molar refractivity (Wildman–Crippen MR) is 97.8 cm³/mol. The Hall–Kier alpha value is -2.24. The summed E-state index contributed by atoms with van der Waals surface area (Å²) >= 11 is 0. The van der Waals surface area contributed by atoms with Gasteiger partial charge in [-0.05, 0) is 30.5 Å². The zero-order chi connectivity index (χ0) is 18.1. The number of piperazine rings is 1. The molecule has 3 aliphatic rings. The molecule has 1 saturated carbocycles. The highest BCUT2D eigenvalue weighted by Gasteiger charge is 2.42. The molecule has 1 aromatic carbocycles. The first-order valence-electron chi connectivity index (χ1n) is 9.63. The highest BCUT2D eigenvalue weighted by molar-refractivity contribution is 5.81. The number of benzene rings is 1. The predicted octanol–water partition coefficient (Wildman–Crippen LogP) is 2.33. The lowest BCUT2D eigenvalue weighted by molar-refractivity contribution is -0.137. The van der Waals surface area contributed by atoms with E-state index in [2.05, 4.69) is 0 Å². The van der Waals surface area contributed by atoms with E-state index < -0.39 is 0 Å². The number of fused-ring (bicyclic) bond motifs is 1. The lowest BCUT2D eigenvalue weighted by Crippen LogP contribution is -2.54. The molecule has 1 unspecified atom stereocenters. The lowest BCUT2D eigenvalue weighted by atomic mass is 10.1. The van der Waals surface area contributed by atoms with Gasteiger partial charge in [0.2, 0.25) is 5.91 Å². The molecule has 0 spiro atoms. The summed E-state index contributed by atoms with van der Waals surface area (Å²) in [6.07, 6.45) is 4.42. The van der Waals surface area contributed by atoms with Gasteiger partial charge in [-0.3, -0.25) is 4.79 Å². The van der Waals surface area contributed by atoms with Gasteiger partial charge in [0.05, 0.1) is 13.2 Å². The van der Waals surface area contributed by atoms with Gasteiger partial charge in [-0.1, -0.05) is 25.0 Å². The van der Waals surface area contributed by atoms with Crippen LogP contribution < -0.4 is 4.74 Å². The number of carbonyl (C=O) groups excluding carboxylic acids is 2. The second-order valence-corrected chi connectivity index (χ2v) is 7.62. The molecule has 0 aromatic heterocycles. The van der Waals surface area contributed by atoms with Crippen LogP contribution in [0.5, 0.6) is 5.75 Å². The maximum atomic E-state index is 12.7. The fraction of sp³-hybridized carbons (Fsp3) is 0.600. The van der Waals surface area contributed by atoms with E-state index in [1.165, 1.54) is 12.8 Å². The summed E-state index contributed by atoms with van der Waals surface area (Å²) in [4.78, 5) is 31.3. The average molecular weight is 357 g/mol. The number of rotatable bonds is 4. The standard InChI is InChI=1S/C20H27N3O3/c1-26-18-8-6-15(7-9-18)12-22-14-17-13-21(10-11-23(17)20(22)25)19(24)16-4-2-3-5-16/h6-9,16-17H,2-5,10-14H2,1H3. The first-order valence-corrected chi connectivity index (χ1v) is 9.63. The molecule has 0 N–H and O–H groups in total. The minimum absolute atomic E-state index is 0.0961. The van der Waals surface area contributed by atoms with Gasteiger partial charge in [0.1, 0.15) is 5.75 Å². The van der Waals surface area contributed by atoms with Gasteiger partial charge in [0.25, 0.3) is 0 Å². The number of carbonyl (C=O) groups is 2. The first-order chi connectivity index (χ1) is 12.7. The summed E-state index contributed by atoms with van der Waals surface area (Å²) in [6, 6.07) is 8.06. The molecule has 3 amide bonds. The van der Waals surface area contributed by atoms with Crippen LogP contribution in [-0.2, 0) is 11.3 Å². The average Bonchev–Trinajstić information content (AvgIpc) is 3.31. The molecule has 6 nitrogen and oxygen atoms in total. The lowest BCUT2D eigenvalue weighted by Gasteiger charge is -2.37. The topological polar surface area (TPSA) is 53.1 Å². The van der Waals surface area contributed by atoms with Crippen molar-refractivity contribution in [2.24, 2.45) is 5.92 Å². The van der Waals surface area contributed by atoms with Crippen molar-refractivity contribution in [3.8, 4) is 5.75 Å². The van der Waals surface area contributed by atoms with Gasteiger partial charge in [-0.15, -0.1) is 0 Å². The summed E-state index contributed by atoms with van der Waals surface area (Å²) in [5.41, 5.74) is 1.10. The largest absolute Gasteiger partial charge is 0.497 e. The second kappa shape index (κ2) is 7.17. The molecule has 140 valence electrons. The molecule has 1 aromatic rings. The van der Waals surface area contributed by atoms with Crippen LogP contribution in [0, 0.1) is 5.92 Å². The van der Waals surface area contributed by atoms with Crippen LogP contribution in [0.3, 0.4) is 0 Å². The number of hydrogen-bond acceptors (Lipinski definition) is 3. The number of amides is 3. The molecule has 26 heavy (non-hydrogen) atoms. The highest BCUT2D eigenvalue weighted by atomic mass is 16.5. The van der Waals surface area contributed by atoms with Crippen molar-refractivity contribution in [1.82, 2.24) is 14.7 Å². The number of urea groups is 1. The van der Waals surface area contributed by atoms with E-state index in [9.17, 15) is 9.59 Å². The van der Waals surface area contributed by atoms with Crippen molar-refractivity contribution in [1.29, 1.82) is 0 Å². The van der Waals surface area contributed by atoms with Gasteiger partial charge in [0.15, 0.2) is 0 Å². The van der Waals surface area contributed by atoms with E-state index in [4.69, 9.17) is 4.74 Å². The zero-order valence-corrected chi connectivity index (χ0v) is 15.4. The molecule has 2 aliphatic heterocycles. The fourth-order valence-corrected chi connectivity index (χ4v) is 4.49. The Morgan fingerprint density at radius 3 is 2.54 bits per heavy atom. The molecule has 4 rings (SSSR count). The molecule has 2 heterocycles. The van der Waals surface area contributed by atoms with E-state index >= 15 is 0 Å². The van der Waals surface area contributed by atoms with Crippen LogP contribution in [0.15, 0.2) is 24.3 Å². The number of hydrogen-bond donors (Lipinski definition) is 0. The maximum absolute atomic E-state index is 12.7. The summed E-state index contributed by atoms with van der Waals surface area (Å²) in [6.45, 7) is 3.31. The van der Waals surface area contributed by atoms with Crippen LogP contribution in [0.25, 0.3) is 0 Å². The highest BCUT2D eigenvalue weighted by Crippen LogP contribution is 2.29. The molecule has 1 atom stereocenters. The Bertz CT molecular complexity index is 669. The molecule has 2 saturated heterocycles. The van der Waals surface area contributed by atoms with E-state index in [0.29, 0.717) is 38.6 Å². The van der Waals surface area contributed by atoms with E-state index in [-0.39, 0.29) is 18.0 Å². The third-order valence-corrected chi connectivity index (χ3v) is 5.98. The molecular weight excluding hydrogens is 330 g/mol. The van der Waals surface area contributed by atoms with Crippen molar-refractivity contribution in [2.45, 2.75) is 38.3 Å². The van der Waals surface area contributed by atoms with Gasteiger partial charge >= 0.3 is 6.03 Å². The van der Waals surface area contributed by atoms with Crippen molar-refractivity contribution < 1.29 is 14.3 Å². The summed E-state index contributed by atoms with van der Waals surface area (Å²) in [7, 11) is 1.65. The normalized spacial score (nSPS) is 23.5. The van der Waals surface area contributed by atoms with Crippen molar-refractivity contribution in [3.05, 3.63) is 29.8 Å². The SMILES string of the molecule is COc1ccc(CN2CC3CN(C(=O)C4CCCC4)CCN3C2=O)cc1. The second-order valence-electron chi connectivity index (χ2n) is 7.62. The van der Waals surface area contributed by atoms with Crippen molar-refractivity contribution >= 4 is 11.9 Å². The maximum Gasteiger partial charge on any atom is 0.320 e. The molecule has 3 fully saturated rings. The first kappa shape index (κ1) is 17.2. The van der Waals surface area contributed by atoms with Crippen molar-refractivity contribution in [3.63, 3.8) is 0 Å².